The van der Waals surface area contributed by atoms with E-state index in [2.05, 4.69) is 22.4 Å². The van der Waals surface area contributed by atoms with Crippen molar-refractivity contribution in [3.05, 3.63) is 48.3 Å². The summed E-state index contributed by atoms with van der Waals surface area (Å²) in [4.78, 5) is 25.0. The number of nitrogens with zero attached hydrogens (tertiary/aromatic N) is 4. The predicted octanol–water partition coefficient (Wildman–Crippen LogP) is 2.71. The number of hydrogen-bond acceptors (Lipinski definition) is 4. The van der Waals surface area contributed by atoms with Crippen molar-refractivity contribution >= 4 is 18.2 Å². The van der Waals surface area contributed by atoms with Gasteiger partial charge >= 0.3 is 6.03 Å². The van der Waals surface area contributed by atoms with Crippen LogP contribution in [0.3, 0.4) is 0 Å². The number of rotatable bonds is 3. The molecule has 7 nitrogen and oxygen atoms in total. The van der Waals surface area contributed by atoms with Gasteiger partial charge in [0.25, 0.3) is 5.91 Å². The molecule has 1 saturated carbocycles. The molecule has 1 aliphatic carbocycles. The molecule has 0 unspecified atom stereocenters. The van der Waals surface area contributed by atoms with E-state index < -0.39 is 11.6 Å². The number of urea groups is 1. The second-order valence-electron chi connectivity index (χ2n) is 7.11. The Kier molecular flexibility index (Phi) is 4.06. The summed E-state index contributed by atoms with van der Waals surface area (Å²) in [6.07, 6.45) is 8.17. The lowest BCUT2D eigenvalue weighted by molar-refractivity contribution is -0.132. The minimum atomic E-state index is -0.769. The number of imide groups is 1. The Morgan fingerprint density at radius 3 is 2.69 bits per heavy atom. The number of hydrogen-bond donors (Lipinski definition) is 1. The maximum atomic E-state index is 12.8. The Balaban J connectivity index is 1.50. The summed E-state index contributed by atoms with van der Waals surface area (Å²) in [5, 5.41) is 12.2. The lowest BCUT2D eigenvalue weighted by Crippen LogP contribution is -2.49. The molecular formula is C19H21N5O2. The maximum absolute atomic E-state index is 12.8. The average Bonchev–Trinajstić information content (AvgIpc) is 3.21. The second kappa shape index (κ2) is 6.40. The van der Waals surface area contributed by atoms with Gasteiger partial charge in [-0.1, -0.05) is 25.1 Å². The summed E-state index contributed by atoms with van der Waals surface area (Å²) < 4.78 is 1.72. The van der Waals surface area contributed by atoms with Crippen LogP contribution in [0.15, 0.2) is 47.8 Å². The predicted molar refractivity (Wildman–Crippen MR) is 96.9 cm³/mol. The molecule has 1 aliphatic heterocycles. The first kappa shape index (κ1) is 16.5. The van der Waals surface area contributed by atoms with Gasteiger partial charge in [0.05, 0.1) is 18.1 Å². The van der Waals surface area contributed by atoms with Gasteiger partial charge in [0.15, 0.2) is 0 Å². The van der Waals surface area contributed by atoms with Crippen molar-refractivity contribution in [2.45, 2.75) is 38.1 Å². The molecule has 2 aromatic rings. The number of aromatic nitrogens is 2. The smallest absolute Gasteiger partial charge is 0.321 e. The summed E-state index contributed by atoms with van der Waals surface area (Å²) in [5.41, 5.74) is 0.875. The average molecular weight is 351 g/mol. The van der Waals surface area contributed by atoms with E-state index in [0.717, 1.165) is 23.5 Å². The van der Waals surface area contributed by atoms with Gasteiger partial charge < -0.3 is 5.32 Å². The minimum Gasteiger partial charge on any atom is -0.321 e. The summed E-state index contributed by atoms with van der Waals surface area (Å²) in [6, 6.07) is 9.24. The van der Waals surface area contributed by atoms with Crippen molar-refractivity contribution in [3.8, 4) is 5.69 Å². The van der Waals surface area contributed by atoms with Crippen LogP contribution in [0.2, 0.25) is 0 Å². The summed E-state index contributed by atoms with van der Waals surface area (Å²) in [6.45, 7) is 2.18. The van der Waals surface area contributed by atoms with Gasteiger partial charge in [-0.3, -0.25) is 4.79 Å². The molecule has 26 heavy (non-hydrogen) atoms. The Hall–Kier alpha value is -2.96. The number of benzene rings is 1. The molecule has 1 aromatic heterocycles. The first-order valence-electron chi connectivity index (χ1n) is 8.88. The molecule has 7 heteroatoms. The van der Waals surface area contributed by atoms with Crippen molar-refractivity contribution in [2.75, 3.05) is 0 Å². The fourth-order valence-electron chi connectivity index (χ4n) is 3.55. The molecule has 0 atom stereocenters. The molecule has 0 bridgehead atoms. The van der Waals surface area contributed by atoms with Gasteiger partial charge in [0.1, 0.15) is 5.54 Å². The van der Waals surface area contributed by atoms with E-state index in [1.165, 1.54) is 6.21 Å². The van der Waals surface area contributed by atoms with E-state index in [0.29, 0.717) is 24.3 Å². The molecular weight excluding hydrogens is 330 g/mol. The van der Waals surface area contributed by atoms with Crippen LogP contribution in [-0.2, 0) is 4.79 Å². The zero-order valence-electron chi connectivity index (χ0n) is 14.6. The Morgan fingerprint density at radius 2 is 1.96 bits per heavy atom. The molecule has 1 spiro atoms. The molecule has 134 valence electrons. The monoisotopic (exact) mass is 351 g/mol. The van der Waals surface area contributed by atoms with Crippen molar-refractivity contribution in [2.24, 2.45) is 11.0 Å². The van der Waals surface area contributed by atoms with Crippen LogP contribution >= 0.6 is 0 Å². The van der Waals surface area contributed by atoms with Crippen LogP contribution in [0.1, 0.15) is 38.2 Å². The summed E-state index contributed by atoms with van der Waals surface area (Å²) >= 11 is 0. The highest BCUT2D eigenvalue weighted by atomic mass is 16.2. The largest absolute Gasteiger partial charge is 0.346 e. The quantitative estimate of drug-likeness (QED) is 0.682. The molecule has 1 aromatic carbocycles. The first-order valence-corrected chi connectivity index (χ1v) is 8.88. The Morgan fingerprint density at radius 1 is 1.23 bits per heavy atom. The fourth-order valence-corrected chi connectivity index (χ4v) is 3.55. The van der Waals surface area contributed by atoms with Gasteiger partial charge in [-0.15, -0.1) is 5.01 Å². The van der Waals surface area contributed by atoms with Crippen molar-refractivity contribution in [1.29, 1.82) is 0 Å². The van der Waals surface area contributed by atoms with E-state index in [1.807, 2.05) is 30.3 Å². The number of carbonyl (C=O) groups is 2. The van der Waals surface area contributed by atoms with Gasteiger partial charge in [0.2, 0.25) is 0 Å². The third-order valence-electron chi connectivity index (χ3n) is 5.21. The van der Waals surface area contributed by atoms with Crippen LogP contribution in [0.5, 0.6) is 0 Å². The lowest BCUT2D eigenvalue weighted by atomic mass is 9.77. The zero-order valence-corrected chi connectivity index (χ0v) is 14.6. The van der Waals surface area contributed by atoms with Crippen LogP contribution in [0.25, 0.3) is 5.69 Å². The van der Waals surface area contributed by atoms with Gasteiger partial charge in [-0.25, -0.2) is 9.48 Å². The van der Waals surface area contributed by atoms with Crippen LogP contribution in [0, 0.1) is 5.92 Å². The molecule has 1 saturated heterocycles. The van der Waals surface area contributed by atoms with Gasteiger partial charge in [0, 0.05) is 11.8 Å². The first-order chi connectivity index (χ1) is 12.6. The van der Waals surface area contributed by atoms with Crippen LogP contribution in [0.4, 0.5) is 4.79 Å². The molecule has 2 heterocycles. The summed E-state index contributed by atoms with van der Waals surface area (Å²) in [7, 11) is 0. The lowest BCUT2D eigenvalue weighted by Gasteiger charge is -2.33. The normalized spacial score (nSPS) is 26.0. The van der Waals surface area contributed by atoms with E-state index in [9.17, 15) is 9.59 Å². The van der Waals surface area contributed by atoms with Crippen LogP contribution in [-0.4, -0.2) is 38.5 Å². The van der Waals surface area contributed by atoms with Crippen LogP contribution < -0.4 is 5.32 Å². The van der Waals surface area contributed by atoms with Crippen molar-refractivity contribution < 1.29 is 9.59 Å². The number of hydrazone groups is 1. The van der Waals surface area contributed by atoms with E-state index in [-0.39, 0.29) is 5.91 Å². The highest BCUT2D eigenvalue weighted by Gasteiger charge is 2.52. The van der Waals surface area contributed by atoms with E-state index >= 15 is 0 Å². The molecule has 1 N–H and O–H groups in total. The zero-order chi connectivity index (χ0) is 18.1. The van der Waals surface area contributed by atoms with Crippen molar-refractivity contribution in [1.82, 2.24) is 20.1 Å². The topological polar surface area (TPSA) is 79.6 Å². The second-order valence-corrected chi connectivity index (χ2v) is 7.11. The third kappa shape index (κ3) is 2.89. The third-order valence-corrected chi connectivity index (χ3v) is 5.21. The highest BCUT2D eigenvalue weighted by molar-refractivity contribution is 6.07. The van der Waals surface area contributed by atoms with Crippen molar-refractivity contribution in [3.63, 3.8) is 0 Å². The molecule has 2 aliphatic rings. The standard InChI is InChI=1S/C19H21N5O2/c1-14-7-9-19(10-8-14)17(25)24(18(26)22-19)21-12-15-11-20-23(13-15)16-5-3-2-4-6-16/h2-6,11-14H,7-10H2,1H3,(H,22,26)/b21-12-. The number of para-hydroxylation sites is 1. The molecule has 2 fully saturated rings. The fraction of sp³-hybridized carbons (Fsp3) is 0.368. The number of nitrogens with one attached hydrogen (secondary N) is 1. The molecule has 0 radical (unpaired) electrons. The maximum Gasteiger partial charge on any atom is 0.346 e. The number of amides is 3. The highest BCUT2D eigenvalue weighted by Crippen LogP contribution is 2.36. The number of carbonyl (C=O) groups excluding carboxylic acids is 2. The summed E-state index contributed by atoms with van der Waals surface area (Å²) in [5.74, 6) is 0.341. The molecule has 3 amide bonds. The van der Waals surface area contributed by atoms with E-state index in [1.54, 1.807) is 17.1 Å². The van der Waals surface area contributed by atoms with Gasteiger partial charge in [-0.05, 0) is 43.7 Å². The Bertz CT molecular complexity index is 850. The van der Waals surface area contributed by atoms with E-state index in [4.69, 9.17) is 0 Å². The molecule has 4 rings (SSSR count). The minimum absolute atomic E-state index is 0.249. The Labute approximate surface area is 151 Å². The van der Waals surface area contributed by atoms with Gasteiger partial charge in [-0.2, -0.15) is 10.2 Å². The SMILES string of the molecule is CC1CCC2(CC1)NC(=O)N(/N=C\c1cnn(-c3ccccc3)c1)C2=O.